The van der Waals surface area contributed by atoms with Crippen molar-refractivity contribution in [3.8, 4) is 0 Å². The standard InChI is InChI=1S/C23H28Cl2N2O2S/c1-29-17-9-6-15(7-10-17)23(28)27-12-13-30-22(18-4-2-3-5-20(18)25)19-14-16(24)8-11-21(19)26/h2-5,8,11,14-15,17,22H,6-7,9-10,12-13,26H2,1H3,(H,27,28). The van der Waals surface area contributed by atoms with Gasteiger partial charge in [-0.1, -0.05) is 41.4 Å². The zero-order chi connectivity index (χ0) is 21.5. The number of nitrogens with one attached hydrogen (secondary N) is 1. The average Bonchev–Trinajstić information content (AvgIpc) is 2.76. The minimum atomic E-state index is -0.0635. The second-order valence-electron chi connectivity index (χ2n) is 7.55. The zero-order valence-corrected chi connectivity index (χ0v) is 19.4. The molecular weight excluding hydrogens is 439 g/mol. The van der Waals surface area contributed by atoms with E-state index in [1.807, 2.05) is 36.4 Å². The van der Waals surface area contributed by atoms with E-state index < -0.39 is 0 Å². The van der Waals surface area contributed by atoms with Crippen LogP contribution in [0, 0.1) is 5.92 Å². The molecule has 2 aromatic carbocycles. The normalized spacial score (nSPS) is 20.0. The Labute approximate surface area is 192 Å². The minimum Gasteiger partial charge on any atom is -0.398 e. The molecule has 0 aliphatic heterocycles. The molecule has 0 radical (unpaired) electrons. The van der Waals surface area contributed by atoms with E-state index in [1.165, 1.54) is 0 Å². The van der Waals surface area contributed by atoms with Crippen LogP contribution < -0.4 is 11.1 Å². The summed E-state index contributed by atoms with van der Waals surface area (Å²) in [6.07, 6.45) is 3.97. The molecule has 0 saturated heterocycles. The molecule has 1 unspecified atom stereocenters. The van der Waals surface area contributed by atoms with Gasteiger partial charge in [0.15, 0.2) is 0 Å². The Morgan fingerprint density at radius 2 is 1.90 bits per heavy atom. The Hall–Kier alpha value is -1.40. The Morgan fingerprint density at radius 1 is 1.17 bits per heavy atom. The maximum absolute atomic E-state index is 12.5. The molecule has 1 aliphatic rings. The van der Waals surface area contributed by atoms with Gasteiger partial charge in [-0.25, -0.2) is 0 Å². The number of nitrogen functional groups attached to an aromatic ring is 1. The summed E-state index contributed by atoms with van der Waals surface area (Å²) < 4.78 is 5.39. The van der Waals surface area contributed by atoms with Gasteiger partial charge in [-0.3, -0.25) is 4.79 Å². The third kappa shape index (κ3) is 6.07. The Morgan fingerprint density at radius 3 is 2.60 bits per heavy atom. The van der Waals surface area contributed by atoms with Crippen LogP contribution >= 0.6 is 35.0 Å². The summed E-state index contributed by atoms with van der Waals surface area (Å²) in [6, 6.07) is 13.3. The number of anilines is 1. The van der Waals surface area contributed by atoms with Gasteiger partial charge in [0.1, 0.15) is 0 Å². The van der Waals surface area contributed by atoms with Crippen molar-refractivity contribution < 1.29 is 9.53 Å². The van der Waals surface area contributed by atoms with Gasteiger partial charge in [0.05, 0.1) is 11.4 Å². The fourth-order valence-electron chi connectivity index (χ4n) is 3.86. The molecule has 0 bridgehead atoms. The first-order valence-electron chi connectivity index (χ1n) is 10.2. The van der Waals surface area contributed by atoms with Crippen molar-refractivity contribution in [2.75, 3.05) is 25.1 Å². The van der Waals surface area contributed by atoms with Gasteiger partial charge in [0, 0.05) is 41.1 Å². The second kappa shape index (κ2) is 11.3. The molecule has 0 spiro atoms. The lowest BCUT2D eigenvalue weighted by Gasteiger charge is -2.27. The Kier molecular flexibility index (Phi) is 8.75. The van der Waals surface area contributed by atoms with E-state index in [9.17, 15) is 4.79 Å². The molecular formula is C23H28Cl2N2O2S. The number of halogens is 2. The number of nitrogens with two attached hydrogens (primary N) is 1. The van der Waals surface area contributed by atoms with Gasteiger partial charge in [0.25, 0.3) is 0 Å². The highest BCUT2D eigenvalue weighted by Gasteiger charge is 2.26. The molecule has 2 aromatic rings. The topological polar surface area (TPSA) is 64.3 Å². The molecule has 4 nitrogen and oxygen atoms in total. The number of thioether (sulfide) groups is 1. The number of carbonyl (C=O) groups excluding carboxylic acids is 1. The van der Waals surface area contributed by atoms with Crippen LogP contribution in [0.3, 0.4) is 0 Å². The van der Waals surface area contributed by atoms with E-state index in [2.05, 4.69) is 5.32 Å². The third-order valence-electron chi connectivity index (χ3n) is 5.58. The van der Waals surface area contributed by atoms with E-state index in [4.69, 9.17) is 33.7 Å². The van der Waals surface area contributed by atoms with E-state index in [1.54, 1.807) is 24.9 Å². The SMILES string of the molecule is COC1CCC(C(=O)NCCSC(c2cc(Cl)ccc2N)c2ccccc2Cl)CC1. The maximum Gasteiger partial charge on any atom is 0.223 e. The highest BCUT2D eigenvalue weighted by Crippen LogP contribution is 2.42. The van der Waals surface area contributed by atoms with Gasteiger partial charge in [-0.2, -0.15) is 0 Å². The van der Waals surface area contributed by atoms with Crippen LogP contribution in [-0.4, -0.2) is 31.4 Å². The van der Waals surface area contributed by atoms with Crippen LogP contribution in [0.5, 0.6) is 0 Å². The largest absolute Gasteiger partial charge is 0.398 e. The molecule has 3 rings (SSSR count). The van der Waals surface area contributed by atoms with Gasteiger partial charge in [-0.05, 0) is 61.1 Å². The van der Waals surface area contributed by atoms with E-state index in [-0.39, 0.29) is 17.1 Å². The van der Waals surface area contributed by atoms with E-state index >= 15 is 0 Å². The van der Waals surface area contributed by atoms with E-state index in [0.717, 1.165) is 42.6 Å². The smallest absolute Gasteiger partial charge is 0.223 e. The molecule has 0 heterocycles. The molecule has 1 saturated carbocycles. The molecule has 162 valence electrons. The van der Waals surface area contributed by atoms with Crippen molar-refractivity contribution in [3.63, 3.8) is 0 Å². The van der Waals surface area contributed by atoms with E-state index in [0.29, 0.717) is 28.4 Å². The molecule has 30 heavy (non-hydrogen) atoms. The average molecular weight is 467 g/mol. The number of hydrogen-bond donors (Lipinski definition) is 2. The number of methoxy groups -OCH3 is 1. The number of hydrogen-bond acceptors (Lipinski definition) is 4. The number of amides is 1. The van der Waals surface area contributed by atoms with Crippen LogP contribution in [0.15, 0.2) is 42.5 Å². The van der Waals surface area contributed by atoms with Crippen molar-refractivity contribution in [2.45, 2.75) is 37.0 Å². The first-order valence-corrected chi connectivity index (χ1v) is 12.0. The second-order valence-corrected chi connectivity index (χ2v) is 9.60. The lowest BCUT2D eigenvalue weighted by molar-refractivity contribution is -0.126. The molecule has 1 amide bonds. The Bertz CT molecular complexity index is 857. The summed E-state index contributed by atoms with van der Waals surface area (Å²) in [5, 5.41) is 4.35. The monoisotopic (exact) mass is 466 g/mol. The van der Waals surface area contributed by atoms with Crippen molar-refractivity contribution >= 4 is 46.6 Å². The number of carbonyl (C=O) groups is 1. The number of benzene rings is 2. The molecule has 1 fully saturated rings. The summed E-state index contributed by atoms with van der Waals surface area (Å²) in [6.45, 7) is 0.592. The number of rotatable bonds is 8. The van der Waals surface area contributed by atoms with Crippen LogP contribution in [0.2, 0.25) is 10.0 Å². The van der Waals surface area contributed by atoms with Gasteiger partial charge < -0.3 is 15.8 Å². The summed E-state index contributed by atoms with van der Waals surface area (Å²) in [5.41, 5.74) is 8.86. The minimum absolute atomic E-state index is 0.0635. The van der Waals surface area contributed by atoms with Gasteiger partial charge in [0.2, 0.25) is 5.91 Å². The van der Waals surface area contributed by atoms with Crippen LogP contribution in [-0.2, 0) is 9.53 Å². The lowest BCUT2D eigenvalue weighted by atomic mass is 9.87. The number of ether oxygens (including phenoxy) is 1. The fraction of sp³-hybridized carbons (Fsp3) is 0.435. The first-order chi connectivity index (χ1) is 14.5. The molecule has 3 N–H and O–H groups in total. The van der Waals surface area contributed by atoms with Crippen LogP contribution in [0.4, 0.5) is 5.69 Å². The van der Waals surface area contributed by atoms with Crippen molar-refractivity contribution in [3.05, 3.63) is 63.6 Å². The van der Waals surface area contributed by atoms with Crippen LogP contribution in [0.25, 0.3) is 0 Å². The zero-order valence-electron chi connectivity index (χ0n) is 17.1. The van der Waals surface area contributed by atoms with Gasteiger partial charge in [-0.15, -0.1) is 11.8 Å². The van der Waals surface area contributed by atoms with Crippen molar-refractivity contribution in [2.24, 2.45) is 5.92 Å². The fourth-order valence-corrected chi connectivity index (χ4v) is 5.58. The molecule has 1 aliphatic carbocycles. The molecule has 0 aromatic heterocycles. The predicted molar refractivity (Wildman–Crippen MR) is 127 cm³/mol. The summed E-state index contributed by atoms with van der Waals surface area (Å²) in [5.74, 6) is 0.965. The summed E-state index contributed by atoms with van der Waals surface area (Å²) >= 11 is 14.4. The molecule has 1 atom stereocenters. The summed E-state index contributed by atoms with van der Waals surface area (Å²) in [4.78, 5) is 12.5. The maximum atomic E-state index is 12.5. The van der Waals surface area contributed by atoms with Crippen molar-refractivity contribution in [1.82, 2.24) is 5.32 Å². The first kappa shape index (κ1) is 23.3. The highest BCUT2D eigenvalue weighted by atomic mass is 35.5. The summed E-state index contributed by atoms with van der Waals surface area (Å²) in [7, 11) is 1.74. The van der Waals surface area contributed by atoms with Gasteiger partial charge >= 0.3 is 0 Å². The predicted octanol–water partition coefficient (Wildman–Crippen LogP) is 5.72. The quantitative estimate of drug-likeness (QED) is 0.385. The third-order valence-corrected chi connectivity index (χ3v) is 7.44. The molecule has 7 heteroatoms. The van der Waals surface area contributed by atoms with Crippen molar-refractivity contribution in [1.29, 1.82) is 0 Å². The lowest BCUT2D eigenvalue weighted by Crippen LogP contribution is -2.35. The Balaban J connectivity index is 1.61. The highest BCUT2D eigenvalue weighted by molar-refractivity contribution is 7.99. The van der Waals surface area contributed by atoms with Crippen LogP contribution in [0.1, 0.15) is 42.1 Å².